The summed E-state index contributed by atoms with van der Waals surface area (Å²) in [6, 6.07) is 7.15. The number of nitrogens with zero attached hydrogens (tertiary/aromatic N) is 1. The van der Waals surface area contributed by atoms with Crippen LogP contribution in [0.2, 0.25) is 5.02 Å². The SMILES string of the molecule is CCCN(c1ccc(CCN)c(Cl)c1)C1CC1. The first-order valence-corrected chi connectivity index (χ1v) is 6.89. The average Bonchev–Trinajstić information content (AvgIpc) is 3.13. The first-order chi connectivity index (χ1) is 8.26. The number of halogens is 1. The molecule has 1 aliphatic carbocycles. The summed E-state index contributed by atoms with van der Waals surface area (Å²) in [7, 11) is 0. The molecule has 94 valence electrons. The van der Waals surface area contributed by atoms with Gasteiger partial charge in [0.1, 0.15) is 0 Å². The van der Waals surface area contributed by atoms with Crippen molar-refractivity contribution in [3.05, 3.63) is 28.8 Å². The van der Waals surface area contributed by atoms with Gasteiger partial charge in [-0.25, -0.2) is 0 Å². The third kappa shape index (κ3) is 3.14. The fourth-order valence-electron chi connectivity index (χ4n) is 2.22. The smallest absolute Gasteiger partial charge is 0.0459 e. The fraction of sp³-hybridized carbons (Fsp3) is 0.571. The van der Waals surface area contributed by atoms with Crippen LogP contribution in [0, 0.1) is 0 Å². The van der Waals surface area contributed by atoms with Crippen LogP contribution in [0.25, 0.3) is 0 Å². The van der Waals surface area contributed by atoms with Crippen LogP contribution in [-0.2, 0) is 6.42 Å². The molecule has 0 bridgehead atoms. The molecule has 1 fully saturated rings. The van der Waals surface area contributed by atoms with Crippen LogP contribution >= 0.6 is 11.6 Å². The second-order valence-electron chi connectivity index (χ2n) is 4.74. The summed E-state index contributed by atoms with van der Waals surface area (Å²) in [5.74, 6) is 0. The highest BCUT2D eigenvalue weighted by Gasteiger charge is 2.28. The zero-order valence-corrected chi connectivity index (χ0v) is 11.2. The lowest BCUT2D eigenvalue weighted by molar-refractivity contribution is 0.763. The summed E-state index contributed by atoms with van der Waals surface area (Å²) < 4.78 is 0. The van der Waals surface area contributed by atoms with E-state index < -0.39 is 0 Å². The molecule has 0 spiro atoms. The van der Waals surface area contributed by atoms with Crippen LogP contribution < -0.4 is 10.6 Å². The largest absolute Gasteiger partial charge is 0.369 e. The molecular weight excluding hydrogens is 232 g/mol. The molecule has 1 aromatic carbocycles. The number of anilines is 1. The van der Waals surface area contributed by atoms with Crippen LogP contribution in [0.3, 0.4) is 0 Å². The van der Waals surface area contributed by atoms with E-state index in [1.54, 1.807) is 0 Å². The lowest BCUT2D eigenvalue weighted by Crippen LogP contribution is -2.26. The average molecular weight is 253 g/mol. The topological polar surface area (TPSA) is 29.3 Å². The predicted molar refractivity (Wildman–Crippen MR) is 74.9 cm³/mol. The molecule has 0 radical (unpaired) electrons. The first kappa shape index (κ1) is 12.7. The summed E-state index contributed by atoms with van der Waals surface area (Å²) in [6.45, 7) is 4.00. The van der Waals surface area contributed by atoms with Crippen molar-refractivity contribution in [2.75, 3.05) is 18.0 Å². The van der Waals surface area contributed by atoms with E-state index in [0.29, 0.717) is 6.54 Å². The second-order valence-corrected chi connectivity index (χ2v) is 5.15. The molecule has 0 heterocycles. The zero-order chi connectivity index (χ0) is 12.3. The summed E-state index contributed by atoms with van der Waals surface area (Å²) in [5.41, 5.74) is 7.99. The Morgan fingerprint density at radius 1 is 1.41 bits per heavy atom. The van der Waals surface area contributed by atoms with Gasteiger partial charge in [0.25, 0.3) is 0 Å². The van der Waals surface area contributed by atoms with Crippen LogP contribution in [-0.4, -0.2) is 19.1 Å². The van der Waals surface area contributed by atoms with Crippen molar-refractivity contribution in [3.63, 3.8) is 0 Å². The summed E-state index contributed by atoms with van der Waals surface area (Å²) in [4.78, 5) is 2.48. The molecule has 0 atom stereocenters. The van der Waals surface area contributed by atoms with Crippen molar-refractivity contribution in [1.29, 1.82) is 0 Å². The molecule has 3 heteroatoms. The standard InChI is InChI=1S/C14H21ClN2/c1-2-9-17(12-5-6-12)13-4-3-11(7-8-16)14(15)10-13/h3-4,10,12H,2,5-9,16H2,1H3. The lowest BCUT2D eigenvalue weighted by atomic mass is 10.1. The molecule has 0 amide bonds. The highest BCUT2D eigenvalue weighted by molar-refractivity contribution is 6.31. The minimum absolute atomic E-state index is 0.653. The first-order valence-electron chi connectivity index (χ1n) is 6.51. The quantitative estimate of drug-likeness (QED) is 0.842. The summed E-state index contributed by atoms with van der Waals surface area (Å²) in [6.07, 6.45) is 4.68. The Morgan fingerprint density at radius 3 is 2.71 bits per heavy atom. The second kappa shape index (κ2) is 5.74. The van der Waals surface area contributed by atoms with E-state index in [0.717, 1.165) is 29.6 Å². The summed E-state index contributed by atoms with van der Waals surface area (Å²) in [5, 5.41) is 0.856. The monoisotopic (exact) mass is 252 g/mol. The van der Waals surface area contributed by atoms with E-state index in [1.165, 1.54) is 24.9 Å². The van der Waals surface area contributed by atoms with Gasteiger partial charge in [0.2, 0.25) is 0 Å². The van der Waals surface area contributed by atoms with E-state index in [-0.39, 0.29) is 0 Å². The van der Waals surface area contributed by atoms with E-state index >= 15 is 0 Å². The van der Waals surface area contributed by atoms with Crippen molar-refractivity contribution < 1.29 is 0 Å². The molecule has 0 unspecified atom stereocenters. The Hall–Kier alpha value is -0.730. The van der Waals surface area contributed by atoms with Gasteiger partial charge in [-0.1, -0.05) is 24.6 Å². The zero-order valence-electron chi connectivity index (χ0n) is 10.5. The minimum atomic E-state index is 0.653. The van der Waals surface area contributed by atoms with Gasteiger partial charge in [-0.15, -0.1) is 0 Å². The maximum atomic E-state index is 6.30. The van der Waals surface area contributed by atoms with Crippen molar-refractivity contribution >= 4 is 17.3 Å². The maximum Gasteiger partial charge on any atom is 0.0459 e. The molecule has 2 rings (SSSR count). The fourth-order valence-corrected chi connectivity index (χ4v) is 2.49. The Kier molecular flexibility index (Phi) is 4.30. The molecule has 2 nitrogen and oxygen atoms in total. The van der Waals surface area contributed by atoms with Gasteiger partial charge < -0.3 is 10.6 Å². The molecule has 0 aromatic heterocycles. The third-order valence-corrected chi connectivity index (χ3v) is 3.59. The molecular formula is C14H21ClN2. The Morgan fingerprint density at radius 2 is 2.18 bits per heavy atom. The number of nitrogens with two attached hydrogens (primary N) is 1. The van der Waals surface area contributed by atoms with Gasteiger partial charge in [0, 0.05) is 23.3 Å². The van der Waals surface area contributed by atoms with E-state index in [1.807, 2.05) is 0 Å². The molecule has 0 aliphatic heterocycles. The molecule has 17 heavy (non-hydrogen) atoms. The van der Waals surface area contributed by atoms with Crippen molar-refractivity contribution in [1.82, 2.24) is 0 Å². The van der Waals surface area contributed by atoms with E-state index in [9.17, 15) is 0 Å². The van der Waals surface area contributed by atoms with Crippen LogP contribution in [0.1, 0.15) is 31.7 Å². The van der Waals surface area contributed by atoms with Crippen LogP contribution in [0.15, 0.2) is 18.2 Å². The van der Waals surface area contributed by atoms with E-state index in [4.69, 9.17) is 17.3 Å². The molecule has 0 saturated heterocycles. The van der Waals surface area contributed by atoms with Crippen molar-refractivity contribution in [3.8, 4) is 0 Å². The highest BCUT2D eigenvalue weighted by atomic mass is 35.5. The molecule has 1 aromatic rings. The van der Waals surface area contributed by atoms with Gasteiger partial charge in [0.05, 0.1) is 0 Å². The minimum Gasteiger partial charge on any atom is -0.369 e. The highest BCUT2D eigenvalue weighted by Crippen LogP contribution is 2.33. The van der Waals surface area contributed by atoms with Gasteiger partial charge in [0.15, 0.2) is 0 Å². The normalized spacial score (nSPS) is 15.0. The Labute approximate surface area is 109 Å². The Bertz CT molecular complexity index is 374. The third-order valence-electron chi connectivity index (χ3n) is 3.23. The predicted octanol–water partition coefficient (Wildman–Crippen LogP) is 3.22. The number of rotatable bonds is 6. The molecule has 1 aliphatic rings. The number of benzene rings is 1. The number of hydrogen-bond acceptors (Lipinski definition) is 2. The molecule has 1 saturated carbocycles. The van der Waals surface area contributed by atoms with Gasteiger partial charge in [-0.05, 0) is 49.9 Å². The van der Waals surface area contributed by atoms with E-state index in [2.05, 4.69) is 30.0 Å². The lowest BCUT2D eigenvalue weighted by Gasteiger charge is -2.24. The van der Waals surface area contributed by atoms with Gasteiger partial charge in [-0.3, -0.25) is 0 Å². The maximum absolute atomic E-state index is 6.30. The van der Waals surface area contributed by atoms with Gasteiger partial charge >= 0.3 is 0 Å². The van der Waals surface area contributed by atoms with Gasteiger partial charge in [-0.2, -0.15) is 0 Å². The van der Waals surface area contributed by atoms with Crippen LogP contribution in [0.5, 0.6) is 0 Å². The van der Waals surface area contributed by atoms with Crippen LogP contribution in [0.4, 0.5) is 5.69 Å². The van der Waals surface area contributed by atoms with Crippen molar-refractivity contribution in [2.24, 2.45) is 5.73 Å². The molecule has 2 N–H and O–H groups in total. The van der Waals surface area contributed by atoms with Crippen molar-refractivity contribution in [2.45, 2.75) is 38.6 Å². The Balaban J connectivity index is 2.16. The number of hydrogen-bond donors (Lipinski definition) is 1. The summed E-state index contributed by atoms with van der Waals surface area (Å²) >= 11 is 6.30.